The molecule has 1 aromatic rings. The van der Waals surface area contributed by atoms with Gasteiger partial charge in [-0.3, -0.25) is 4.99 Å². The summed E-state index contributed by atoms with van der Waals surface area (Å²) in [5.41, 5.74) is 1.17. The van der Waals surface area contributed by atoms with Crippen LogP contribution in [0.1, 0.15) is 30.0 Å². The van der Waals surface area contributed by atoms with Gasteiger partial charge in [0.25, 0.3) is 0 Å². The molecule has 0 amide bonds. The van der Waals surface area contributed by atoms with Gasteiger partial charge in [0.2, 0.25) is 0 Å². The van der Waals surface area contributed by atoms with Crippen molar-refractivity contribution in [2.45, 2.75) is 32.6 Å². The largest absolute Gasteiger partial charge is 0.356 e. The summed E-state index contributed by atoms with van der Waals surface area (Å²) in [5.74, 6) is 1.87. The van der Waals surface area contributed by atoms with Crippen LogP contribution in [-0.4, -0.2) is 31.1 Å². The summed E-state index contributed by atoms with van der Waals surface area (Å²) in [4.78, 5) is 8.66. The molecule has 1 heterocycles. The number of guanidine groups is 1. The van der Waals surface area contributed by atoms with E-state index >= 15 is 0 Å². The van der Waals surface area contributed by atoms with Crippen LogP contribution in [0.25, 0.3) is 0 Å². The van der Waals surface area contributed by atoms with Crippen molar-refractivity contribution >= 4 is 17.3 Å². The zero-order chi connectivity index (χ0) is 12.8. The predicted molar refractivity (Wildman–Crippen MR) is 77.3 cm³/mol. The van der Waals surface area contributed by atoms with Gasteiger partial charge in [0, 0.05) is 31.9 Å². The number of aliphatic imine (C=N–C) groups is 1. The summed E-state index contributed by atoms with van der Waals surface area (Å²) in [5, 5.41) is 9.94. The van der Waals surface area contributed by atoms with E-state index in [1.54, 1.807) is 11.3 Å². The number of thiazole rings is 1. The third-order valence-electron chi connectivity index (χ3n) is 3.11. The van der Waals surface area contributed by atoms with Crippen molar-refractivity contribution in [3.05, 3.63) is 16.1 Å². The molecular weight excluding hydrogens is 244 g/mol. The first-order chi connectivity index (χ1) is 8.78. The Morgan fingerprint density at radius 1 is 1.44 bits per heavy atom. The van der Waals surface area contributed by atoms with Gasteiger partial charge in [-0.1, -0.05) is 12.8 Å². The zero-order valence-corrected chi connectivity index (χ0v) is 12.0. The highest BCUT2D eigenvalue weighted by molar-refractivity contribution is 7.09. The van der Waals surface area contributed by atoms with Crippen molar-refractivity contribution in [2.24, 2.45) is 10.9 Å². The number of aryl methyl sites for hydroxylation is 1. The number of rotatable bonds is 6. The molecule has 0 spiro atoms. The van der Waals surface area contributed by atoms with Gasteiger partial charge in [-0.25, -0.2) is 4.98 Å². The molecule has 0 aliphatic heterocycles. The van der Waals surface area contributed by atoms with Crippen LogP contribution < -0.4 is 10.6 Å². The van der Waals surface area contributed by atoms with E-state index in [9.17, 15) is 0 Å². The van der Waals surface area contributed by atoms with Gasteiger partial charge in [-0.2, -0.15) is 0 Å². The Morgan fingerprint density at radius 2 is 2.22 bits per heavy atom. The van der Waals surface area contributed by atoms with E-state index < -0.39 is 0 Å². The van der Waals surface area contributed by atoms with Crippen LogP contribution in [0.3, 0.4) is 0 Å². The Balaban J connectivity index is 1.60. The normalized spacial score (nSPS) is 15.8. The fourth-order valence-electron chi connectivity index (χ4n) is 1.85. The lowest BCUT2D eigenvalue weighted by Gasteiger charge is -2.10. The second-order valence-corrected chi connectivity index (χ2v) is 5.83. The SMILES string of the molecule is CN=C(NCCc1csc(C)n1)NCCC1CC1. The minimum absolute atomic E-state index is 0.881. The van der Waals surface area contributed by atoms with Gasteiger partial charge in [-0.15, -0.1) is 11.3 Å². The molecule has 18 heavy (non-hydrogen) atoms. The van der Waals surface area contributed by atoms with Crippen LogP contribution in [0.2, 0.25) is 0 Å². The number of nitrogens with zero attached hydrogens (tertiary/aromatic N) is 2. The molecule has 0 bridgehead atoms. The third kappa shape index (κ3) is 4.64. The number of aromatic nitrogens is 1. The van der Waals surface area contributed by atoms with E-state index in [2.05, 4.69) is 26.0 Å². The average Bonchev–Trinajstić information content (AvgIpc) is 3.10. The van der Waals surface area contributed by atoms with Gasteiger partial charge in [0.1, 0.15) is 0 Å². The molecule has 0 unspecified atom stereocenters. The Kier molecular flexibility index (Phi) is 4.99. The molecule has 0 radical (unpaired) electrons. The molecule has 0 saturated heterocycles. The van der Waals surface area contributed by atoms with Gasteiger partial charge >= 0.3 is 0 Å². The lowest BCUT2D eigenvalue weighted by atomic mass is 10.3. The van der Waals surface area contributed by atoms with Crippen molar-refractivity contribution < 1.29 is 0 Å². The van der Waals surface area contributed by atoms with Gasteiger partial charge in [-0.05, 0) is 19.3 Å². The summed E-state index contributed by atoms with van der Waals surface area (Å²) >= 11 is 1.71. The Morgan fingerprint density at radius 3 is 2.83 bits per heavy atom. The number of hydrogen-bond acceptors (Lipinski definition) is 3. The summed E-state index contributed by atoms with van der Waals surface area (Å²) in [7, 11) is 1.82. The van der Waals surface area contributed by atoms with E-state index in [4.69, 9.17) is 0 Å². The molecule has 5 heteroatoms. The van der Waals surface area contributed by atoms with Crippen molar-refractivity contribution in [3.63, 3.8) is 0 Å². The van der Waals surface area contributed by atoms with E-state index in [1.807, 2.05) is 14.0 Å². The molecule has 1 saturated carbocycles. The molecule has 0 atom stereocenters. The molecule has 0 aromatic carbocycles. The Hall–Kier alpha value is -1.10. The lowest BCUT2D eigenvalue weighted by Crippen LogP contribution is -2.38. The van der Waals surface area contributed by atoms with Crippen molar-refractivity contribution in [2.75, 3.05) is 20.1 Å². The van der Waals surface area contributed by atoms with Crippen LogP contribution >= 0.6 is 11.3 Å². The van der Waals surface area contributed by atoms with Crippen LogP contribution in [-0.2, 0) is 6.42 Å². The highest BCUT2D eigenvalue weighted by Crippen LogP contribution is 2.31. The zero-order valence-electron chi connectivity index (χ0n) is 11.2. The first-order valence-corrected chi connectivity index (χ1v) is 7.51. The third-order valence-corrected chi connectivity index (χ3v) is 3.93. The van der Waals surface area contributed by atoms with Gasteiger partial charge in [0.05, 0.1) is 10.7 Å². The minimum Gasteiger partial charge on any atom is -0.356 e. The maximum Gasteiger partial charge on any atom is 0.190 e. The second kappa shape index (κ2) is 6.73. The molecular formula is C13H22N4S. The van der Waals surface area contributed by atoms with Crippen molar-refractivity contribution in [1.82, 2.24) is 15.6 Å². The maximum atomic E-state index is 4.45. The monoisotopic (exact) mass is 266 g/mol. The molecule has 2 rings (SSSR count). The maximum absolute atomic E-state index is 4.45. The van der Waals surface area contributed by atoms with E-state index in [-0.39, 0.29) is 0 Å². The quantitative estimate of drug-likeness (QED) is 0.611. The Labute approximate surface area is 113 Å². The molecule has 1 fully saturated rings. The summed E-state index contributed by atoms with van der Waals surface area (Å²) < 4.78 is 0. The summed E-state index contributed by atoms with van der Waals surface area (Å²) in [6.45, 7) is 3.95. The van der Waals surface area contributed by atoms with Gasteiger partial charge < -0.3 is 10.6 Å². The smallest absolute Gasteiger partial charge is 0.190 e. The fourth-order valence-corrected chi connectivity index (χ4v) is 2.50. The molecule has 1 aromatic heterocycles. The highest BCUT2D eigenvalue weighted by atomic mass is 32.1. The fraction of sp³-hybridized carbons (Fsp3) is 0.692. The van der Waals surface area contributed by atoms with E-state index in [0.29, 0.717) is 0 Å². The topological polar surface area (TPSA) is 49.3 Å². The first kappa shape index (κ1) is 13.3. The first-order valence-electron chi connectivity index (χ1n) is 6.63. The van der Waals surface area contributed by atoms with Crippen LogP contribution in [0.15, 0.2) is 10.4 Å². The average molecular weight is 266 g/mol. The van der Waals surface area contributed by atoms with Crippen molar-refractivity contribution in [3.8, 4) is 0 Å². The van der Waals surface area contributed by atoms with E-state index in [0.717, 1.165) is 36.4 Å². The standard InChI is InChI=1S/C13H22N4S/c1-10-17-12(9-18-10)6-8-16-13(14-2)15-7-5-11-3-4-11/h9,11H,3-8H2,1-2H3,(H2,14,15,16). The predicted octanol–water partition coefficient (Wildman–Crippen LogP) is 1.96. The van der Waals surface area contributed by atoms with Crippen LogP contribution in [0.5, 0.6) is 0 Å². The molecule has 4 nitrogen and oxygen atoms in total. The van der Waals surface area contributed by atoms with Gasteiger partial charge in [0.15, 0.2) is 5.96 Å². The molecule has 1 aliphatic rings. The highest BCUT2D eigenvalue weighted by Gasteiger charge is 2.20. The van der Waals surface area contributed by atoms with Crippen molar-refractivity contribution in [1.29, 1.82) is 0 Å². The summed E-state index contributed by atoms with van der Waals surface area (Å²) in [6, 6.07) is 0. The van der Waals surface area contributed by atoms with Crippen LogP contribution in [0, 0.1) is 12.8 Å². The van der Waals surface area contributed by atoms with Crippen LogP contribution in [0.4, 0.5) is 0 Å². The number of nitrogens with one attached hydrogen (secondary N) is 2. The lowest BCUT2D eigenvalue weighted by molar-refractivity contribution is 0.683. The Bertz CT molecular complexity index is 395. The number of hydrogen-bond donors (Lipinski definition) is 2. The minimum atomic E-state index is 0.881. The molecule has 1 aliphatic carbocycles. The molecule has 100 valence electrons. The second-order valence-electron chi connectivity index (χ2n) is 4.77. The molecule has 2 N–H and O–H groups in total. The summed E-state index contributed by atoms with van der Waals surface area (Å²) in [6.07, 6.45) is 5.05. The van der Waals surface area contributed by atoms with E-state index in [1.165, 1.54) is 25.0 Å².